The summed E-state index contributed by atoms with van der Waals surface area (Å²) in [6.07, 6.45) is 5.78. The van der Waals surface area contributed by atoms with E-state index in [1.54, 1.807) is 6.07 Å². The Kier molecular flexibility index (Phi) is 6.91. The maximum Gasteiger partial charge on any atom is 0.349 e. The molecule has 152 valence electrons. The van der Waals surface area contributed by atoms with Gasteiger partial charge in [0.1, 0.15) is 28.8 Å². The number of halogens is 3. The first kappa shape index (κ1) is 20.9. The second-order valence-electron chi connectivity index (χ2n) is 7.11. The molecule has 0 heterocycles. The average molecular weight is 400 g/mol. The summed E-state index contributed by atoms with van der Waals surface area (Å²) < 4.78 is 47.7. The Balaban J connectivity index is 1.72. The highest BCUT2D eigenvalue weighted by molar-refractivity contribution is 5.92. The molecule has 0 saturated heterocycles. The van der Waals surface area contributed by atoms with E-state index < -0.39 is 29.0 Å². The molecule has 0 aliphatic carbocycles. The summed E-state index contributed by atoms with van der Waals surface area (Å²) in [4.78, 5) is 12.3. The van der Waals surface area contributed by atoms with E-state index in [2.05, 4.69) is 6.92 Å². The minimum absolute atomic E-state index is 0.0897. The molecule has 0 radical (unpaired) electrons. The first-order valence-electron chi connectivity index (χ1n) is 9.88. The molecule has 0 amide bonds. The fourth-order valence-corrected chi connectivity index (χ4v) is 3.34. The lowest BCUT2D eigenvalue weighted by molar-refractivity contribution is 0.0725. The van der Waals surface area contributed by atoms with Gasteiger partial charge < -0.3 is 4.74 Å². The first-order valence-corrected chi connectivity index (χ1v) is 9.88. The number of carbonyl (C=O) groups excluding carboxylic acids is 1. The van der Waals surface area contributed by atoms with Gasteiger partial charge in [-0.15, -0.1) is 0 Å². The van der Waals surface area contributed by atoms with Crippen LogP contribution < -0.4 is 4.74 Å². The van der Waals surface area contributed by atoms with Crippen molar-refractivity contribution in [1.82, 2.24) is 0 Å². The van der Waals surface area contributed by atoms with Gasteiger partial charge in [-0.2, -0.15) is 0 Å². The summed E-state index contributed by atoms with van der Waals surface area (Å²) in [7, 11) is 0. The molecule has 0 bridgehead atoms. The molecular weight excluding hydrogens is 377 g/mol. The van der Waals surface area contributed by atoms with Gasteiger partial charge in [0, 0.05) is 5.39 Å². The molecule has 0 unspecified atom stereocenters. The van der Waals surface area contributed by atoms with Crippen molar-refractivity contribution in [3.05, 3.63) is 77.1 Å². The van der Waals surface area contributed by atoms with E-state index in [0.29, 0.717) is 22.8 Å². The molecule has 0 fully saturated rings. The zero-order valence-electron chi connectivity index (χ0n) is 16.3. The molecule has 2 nitrogen and oxygen atoms in total. The minimum atomic E-state index is -1.12. The Bertz CT molecular complexity index is 991. The number of fused-ring (bicyclic) bond motifs is 1. The second-order valence-corrected chi connectivity index (χ2v) is 7.11. The quantitative estimate of drug-likeness (QED) is 0.231. The molecule has 0 atom stereocenters. The van der Waals surface area contributed by atoms with E-state index in [4.69, 9.17) is 4.74 Å². The number of hydrogen-bond donors (Lipinski definition) is 0. The molecule has 3 aromatic rings. The van der Waals surface area contributed by atoms with Gasteiger partial charge in [-0.3, -0.25) is 0 Å². The molecule has 29 heavy (non-hydrogen) atoms. The van der Waals surface area contributed by atoms with E-state index in [1.807, 2.05) is 0 Å². The number of benzene rings is 3. The van der Waals surface area contributed by atoms with Gasteiger partial charge in [-0.25, -0.2) is 18.0 Å². The predicted octanol–water partition coefficient (Wildman–Crippen LogP) is 6.99. The average Bonchev–Trinajstić information content (AvgIpc) is 2.67. The lowest BCUT2D eigenvalue weighted by Gasteiger charge is -2.09. The van der Waals surface area contributed by atoms with E-state index in [1.165, 1.54) is 42.5 Å². The molecule has 5 heteroatoms. The maximum atomic E-state index is 14.4. The van der Waals surface area contributed by atoms with Crippen LogP contribution in [0.25, 0.3) is 10.8 Å². The molecule has 0 aromatic heterocycles. The van der Waals surface area contributed by atoms with Crippen LogP contribution in [0.5, 0.6) is 5.75 Å². The molecular formula is C24H23F3O2. The zero-order valence-corrected chi connectivity index (χ0v) is 16.3. The van der Waals surface area contributed by atoms with Crippen LogP contribution in [0.4, 0.5) is 13.2 Å². The molecule has 3 rings (SSSR count). The molecule has 0 aliphatic heterocycles. The Morgan fingerprint density at radius 1 is 0.862 bits per heavy atom. The van der Waals surface area contributed by atoms with Gasteiger partial charge in [0.15, 0.2) is 0 Å². The smallest absolute Gasteiger partial charge is 0.349 e. The van der Waals surface area contributed by atoms with E-state index in [-0.39, 0.29) is 5.75 Å². The van der Waals surface area contributed by atoms with Crippen LogP contribution in [0.3, 0.4) is 0 Å². The summed E-state index contributed by atoms with van der Waals surface area (Å²) in [6.45, 7) is 2.12. The highest BCUT2D eigenvalue weighted by Gasteiger charge is 2.21. The fraction of sp³-hybridized carbons (Fsp3) is 0.292. The van der Waals surface area contributed by atoms with Gasteiger partial charge in [-0.1, -0.05) is 44.7 Å². The van der Waals surface area contributed by atoms with E-state index >= 15 is 0 Å². The van der Waals surface area contributed by atoms with Crippen LogP contribution in [0.2, 0.25) is 0 Å². The lowest BCUT2D eigenvalue weighted by atomic mass is 10.0. The van der Waals surface area contributed by atoms with Crippen molar-refractivity contribution >= 4 is 16.7 Å². The number of unbranched alkanes of at least 4 members (excludes halogenated alkanes) is 4. The van der Waals surface area contributed by atoms with Gasteiger partial charge in [-0.05, 0) is 60.2 Å². The maximum absolute atomic E-state index is 14.4. The highest BCUT2D eigenvalue weighted by atomic mass is 19.1. The Labute approximate surface area is 168 Å². The third-order valence-electron chi connectivity index (χ3n) is 4.88. The zero-order chi connectivity index (χ0) is 20.8. The Morgan fingerprint density at radius 3 is 2.31 bits per heavy atom. The summed E-state index contributed by atoms with van der Waals surface area (Å²) in [6, 6.07) is 11.2. The molecule has 0 N–H and O–H groups in total. The number of rotatable bonds is 8. The largest absolute Gasteiger partial charge is 0.423 e. The summed E-state index contributed by atoms with van der Waals surface area (Å²) >= 11 is 0. The lowest BCUT2D eigenvalue weighted by Crippen LogP contribution is -2.14. The van der Waals surface area contributed by atoms with Crippen molar-refractivity contribution in [1.29, 1.82) is 0 Å². The number of hydrogen-bond acceptors (Lipinski definition) is 2. The summed E-state index contributed by atoms with van der Waals surface area (Å²) in [5.74, 6) is -3.31. The SMILES string of the molecule is CCCCCCCc1cc(F)c(C(=O)Oc2ccc3c(F)cccc3c2)c(F)c1. The van der Waals surface area contributed by atoms with Crippen LogP contribution in [-0.2, 0) is 6.42 Å². The standard InChI is InChI=1S/C24H23F3O2/c1-2-3-4-5-6-8-16-13-21(26)23(22(27)14-16)24(28)29-18-11-12-19-17(15-18)9-7-10-20(19)25/h7,9-15H,2-6,8H2,1H3. The fourth-order valence-electron chi connectivity index (χ4n) is 3.34. The van der Waals surface area contributed by atoms with Crippen molar-refractivity contribution in [2.45, 2.75) is 45.4 Å². The van der Waals surface area contributed by atoms with Crippen molar-refractivity contribution in [3.8, 4) is 5.75 Å². The van der Waals surface area contributed by atoms with Gasteiger partial charge >= 0.3 is 5.97 Å². The van der Waals surface area contributed by atoms with Crippen molar-refractivity contribution in [2.75, 3.05) is 0 Å². The van der Waals surface area contributed by atoms with Gasteiger partial charge in [0.25, 0.3) is 0 Å². The van der Waals surface area contributed by atoms with Crippen LogP contribution in [0.1, 0.15) is 54.9 Å². The van der Waals surface area contributed by atoms with E-state index in [9.17, 15) is 18.0 Å². The Morgan fingerprint density at radius 2 is 1.59 bits per heavy atom. The normalized spacial score (nSPS) is 11.0. The number of esters is 1. The molecule has 0 saturated carbocycles. The molecule has 0 spiro atoms. The molecule has 0 aliphatic rings. The van der Waals surface area contributed by atoms with Gasteiger partial charge in [0.05, 0.1) is 0 Å². The highest BCUT2D eigenvalue weighted by Crippen LogP contribution is 2.25. The van der Waals surface area contributed by atoms with Gasteiger partial charge in [0.2, 0.25) is 0 Å². The number of aryl methyl sites for hydroxylation is 1. The van der Waals surface area contributed by atoms with Crippen molar-refractivity contribution in [3.63, 3.8) is 0 Å². The number of carbonyl (C=O) groups is 1. The predicted molar refractivity (Wildman–Crippen MR) is 108 cm³/mol. The second kappa shape index (κ2) is 9.59. The third-order valence-corrected chi connectivity index (χ3v) is 4.88. The van der Waals surface area contributed by atoms with E-state index in [0.717, 1.165) is 32.1 Å². The minimum Gasteiger partial charge on any atom is -0.423 e. The third kappa shape index (κ3) is 5.17. The van der Waals surface area contributed by atoms with Crippen LogP contribution in [0, 0.1) is 17.5 Å². The van der Waals surface area contributed by atoms with Crippen LogP contribution in [0.15, 0.2) is 48.5 Å². The monoisotopic (exact) mass is 400 g/mol. The van der Waals surface area contributed by atoms with Crippen LogP contribution >= 0.6 is 0 Å². The topological polar surface area (TPSA) is 26.3 Å². The van der Waals surface area contributed by atoms with Crippen LogP contribution in [-0.4, -0.2) is 5.97 Å². The summed E-state index contributed by atoms with van der Waals surface area (Å²) in [5.41, 5.74) is -0.201. The summed E-state index contributed by atoms with van der Waals surface area (Å²) in [5, 5.41) is 0.891. The molecule has 3 aromatic carbocycles. The van der Waals surface area contributed by atoms with Crippen molar-refractivity contribution in [2.24, 2.45) is 0 Å². The first-order chi connectivity index (χ1) is 14.0. The number of ether oxygens (including phenoxy) is 1. The Hall–Kier alpha value is -2.82. The van der Waals surface area contributed by atoms with Crippen molar-refractivity contribution < 1.29 is 22.7 Å².